The highest BCUT2D eigenvalue weighted by Gasteiger charge is 2.14. The lowest BCUT2D eigenvalue weighted by Crippen LogP contribution is -2.36. The van der Waals surface area contributed by atoms with Gasteiger partial charge in [0, 0.05) is 0 Å². The van der Waals surface area contributed by atoms with E-state index in [9.17, 15) is 8.40 Å². The van der Waals surface area contributed by atoms with Gasteiger partial charge in [0.05, 0.1) is 6.10 Å². The molecule has 0 aromatic heterocycles. The molecule has 0 amide bonds. The molecule has 0 aromatic carbocycles. The van der Waals surface area contributed by atoms with Gasteiger partial charge in [-0.3, -0.25) is 0 Å². The van der Waals surface area contributed by atoms with Crippen molar-refractivity contribution in [3.8, 4) is 0 Å². The Balaban J connectivity index is 3.12. The van der Waals surface area contributed by atoms with Crippen molar-refractivity contribution in [2.45, 2.75) is 12.5 Å². The summed E-state index contributed by atoms with van der Waals surface area (Å²) in [5, 5.41) is 8.83. The fourth-order valence-corrected chi connectivity index (χ4v) is 0.921. The fraction of sp³-hybridized carbons (Fsp3) is 1.00. The summed E-state index contributed by atoms with van der Waals surface area (Å²) in [5.41, 5.74) is 5.07. The molecule has 0 aliphatic rings. The summed E-state index contributed by atoms with van der Waals surface area (Å²) in [6.45, 7) is 0.143. The van der Waals surface area contributed by atoms with Crippen LogP contribution in [0.2, 0.25) is 0 Å². The van der Waals surface area contributed by atoms with E-state index in [2.05, 4.69) is 3.83 Å². The van der Waals surface area contributed by atoms with Crippen LogP contribution in [-0.4, -0.2) is 24.4 Å². The van der Waals surface area contributed by atoms with Gasteiger partial charge in [-0.25, -0.2) is 0 Å². The first-order valence-electron chi connectivity index (χ1n) is 2.73. The highest BCUT2D eigenvalue weighted by atomic mass is 80.0. The highest BCUT2D eigenvalue weighted by molar-refractivity contribution is 4.51. The predicted molar refractivity (Wildman–Crippen MR) is 25.6 cm³/mol. The SMILES string of the molecule is NCC[C@H](O)CO[Br+2]([O-])[O-]. The summed E-state index contributed by atoms with van der Waals surface area (Å²) >= 11 is -3.17. The van der Waals surface area contributed by atoms with Crippen molar-refractivity contribution in [3.05, 3.63) is 0 Å². The van der Waals surface area contributed by atoms with Crippen LogP contribution in [0.25, 0.3) is 0 Å². The van der Waals surface area contributed by atoms with Gasteiger partial charge in [0.2, 0.25) is 0 Å². The number of aliphatic hydroxyl groups is 1. The van der Waals surface area contributed by atoms with Crippen molar-refractivity contribution < 1.29 is 32.1 Å². The first-order chi connectivity index (χ1) is 4.66. The molecule has 10 heavy (non-hydrogen) atoms. The Kier molecular flexibility index (Phi) is 6.19. The summed E-state index contributed by atoms with van der Waals surface area (Å²) in [6, 6.07) is 0. The largest absolute Gasteiger partial charge is 0.436 e. The quantitative estimate of drug-likeness (QED) is 0.503. The third-order valence-corrected chi connectivity index (χ3v) is 1.48. The van der Waals surface area contributed by atoms with E-state index in [-0.39, 0.29) is 6.61 Å². The van der Waals surface area contributed by atoms with Gasteiger partial charge in [-0.2, -0.15) is 0 Å². The van der Waals surface area contributed by atoms with E-state index in [0.717, 1.165) is 0 Å². The maximum absolute atomic E-state index is 9.82. The molecule has 0 aliphatic carbocycles. The van der Waals surface area contributed by atoms with E-state index in [1.807, 2.05) is 0 Å². The molecule has 0 radical (unpaired) electrons. The van der Waals surface area contributed by atoms with Crippen molar-refractivity contribution in [2.75, 3.05) is 13.2 Å². The number of rotatable bonds is 5. The summed E-state index contributed by atoms with van der Waals surface area (Å²) in [5.74, 6) is 0. The smallest absolute Gasteiger partial charge is 0.390 e. The molecule has 0 bridgehead atoms. The zero-order valence-corrected chi connectivity index (χ0v) is 6.91. The second-order valence-electron chi connectivity index (χ2n) is 1.70. The minimum atomic E-state index is -3.17. The Morgan fingerprint density at radius 2 is 2.20 bits per heavy atom. The van der Waals surface area contributed by atoms with Gasteiger partial charge in [0.15, 0.2) is 6.61 Å². The lowest BCUT2D eigenvalue weighted by atomic mass is 10.3. The summed E-state index contributed by atoms with van der Waals surface area (Å²) in [6.07, 6.45) is -0.413. The van der Waals surface area contributed by atoms with Crippen molar-refractivity contribution in [1.82, 2.24) is 0 Å². The van der Waals surface area contributed by atoms with Crippen LogP contribution in [0.1, 0.15) is 6.42 Å². The molecule has 0 rings (SSSR count). The molecule has 0 saturated carbocycles. The number of hydrogen-bond acceptors (Lipinski definition) is 5. The molecule has 62 valence electrons. The first kappa shape index (κ1) is 10.3. The van der Waals surface area contributed by atoms with Gasteiger partial charge in [0.1, 0.15) is 0 Å². The van der Waals surface area contributed by atoms with E-state index in [1.165, 1.54) is 0 Å². The Morgan fingerprint density at radius 3 is 2.60 bits per heavy atom. The Hall–Kier alpha value is 0.280. The highest BCUT2D eigenvalue weighted by Crippen LogP contribution is 1.90. The molecule has 0 aromatic rings. The molecule has 0 fully saturated rings. The molecule has 0 spiro atoms. The molecule has 0 saturated heterocycles. The third-order valence-electron chi connectivity index (χ3n) is 0.844. The van der Waals surface area contributed by atoms with Crippen molar-refractivity contribution >= 4 is 0 Å². The van der Waals surface area contributed by atoms with E-state index >= 15 is 0 Å². The second kappa shape index (κ2) is 6.02. The first-order valence-corrected chi connectivity index (χ1v) is 4.68. The minimum absolute atomic E-state index is 0.181. The Labute approximate surface area is 64.2 Å². The van der Waals surface area contributed by atoms with Crippen LogP contribution < -0.4 is 14.1 Å². The lowest BCUT2D eigenvalue weighted by Gasteiger charge is -2.02. The van der Waals surface area contributed by atoms with Crippen LogP contribution in [0.3, 0.4) is 0 Å². The zero-order valence-electron chi connectivity index (χ0n) is 5.33. The molecule has 5 nitrogen and oxygen atoms in total. The van der Waals surface area contributed by atoms with E-state index in [1.54, 1.807) is 0 Å². The summed E-state index contributed by atoms with van der Waals surface area (Å²) in [7, 11) is 0. The number of hydrogen-bond donors (Lipinski definition) is 2. The zero-order chi connectivity index (χ0) is 7.98. The maximum Gasteiger partial charge on any atom is 0.436 e. The standard InChI is InChI=1S/C4H10BrNO4/c6-2-1-4(7)3-10-5(8)9/h4,7H,1-3,6H2/t4-/m0/s1. The number of halogens is 1. The molecule has 0 aliphatic heterocycles. The van der Waals surface area contributed by atoms with Gasteiger partial charge in [-0.1, -0.05) is 0 Å². The molecule has 0 unspecified atom stereocenters. The lowest BCUT2D eigenvalue weighted by molar-refractivity contribution is -1.63. The summed E-state index contributed by atoms with van der Waals surface area (Å²) in [4.78, 5) is 0. The second-order valence-corrected chi connectivity index (χ2v) is 2.95. The topological polar surface area (TPSA) is 102 Å². The van der Waals surface area contributed by atoms with Crippen LogP contribution >= 0.6 is 0 Å². The number of aliphatic hydroxyl groups excluding tert-OH is 1. The average Bonchev–Trinajstić information content (AvgIpc) is 1.85. The normalized spacial score (nSPS) is 14.1. The summed E-state index contributed by atoms with van der Waals surface area (Å²) < 4.78 is 23.8. The average molecular weight is 216 g/mol. The molecule has 0 heterocycles. The van der Waals surface area contributed by atoms with Crippen LogP contribution in [0.15, 0.2) is 0 Å². The monoisotopic (exact) mass is 215 g/mol. The van der Waals surface area contributed by atoms with E-state index in [4.69, 9.17) is 10.8 Å². The van der Waals surface area contributed by atoms with Gasteiger partial charge < -0.3 is 19.2 Å². The Bertz CT molecular complexity index is 81.7. The molecule has 3 N–H and O–H groups in total. The van der Waals surface area contributed by atoms with Crippen molar-refractivity contribution in [1.29, 1.82) is 0 Å². The molecule has 1 atom stereocenters. The Morgan fingerprint density at radius 1 is 1.60 bits per heavy atom. The van der Waals surface area contributed by atoms with Crippen molar-refractivity contribution in [3.63, 3.8) is 0 Å². The molecular weight excluding hydrogens is 206 g/mol. The van der Waals surface area contributed by atoms with Crippen LogP contribution in [0.4, 0.5) is 0 Å². The maximum atomic E-state index is 9.82. The van der Waals surface area contributed by atoms with Crippen LogP contribution in [0, 0.1) is 14.8 Å². The minimum Gasteiger partial charge on any atom is -0.390 e. The van der Waals surface area contributed by atoms with Gasteiger partial charge >= 0.3 is 14.8 Å². The van der Waals surface area contributed by atoms with Gasteiger partial charge in [-0.05, 0) is 16.8 Å². The predicted octanol–water partition coefficient (Wildman–Crippen LogP) is -3.20. The van der Waals surface area contributed by atoms with E-state index in [0.29, 0.717) is 13.0 Å². The van der Waals surface area contributed by atoms with Gasteiger partial charge in [0.25, 0.3) is 0 Å². The molecular formula is C4H10BrNO4. The van der Waals surface area contributed by atoms with Crippen LogP contribution in [0.5, 0.6) is 0 Å². The van der Waals surface area contributed by atoms with Crippen molar-refractivity contribution in [2.24, 2.45) is 5.73 Å². The van der Waals surface area contributed by atoms with Crippen LogP contribution in [-0.2, 0) is 3.83 Å². The van der Waals surface area contributed by atoms with E-state index < -0.39 is 20.9 Å². The molecule has 6 heteroatoms. The third kappa shape index (κ3) is 6.40. The van der Waals surface area contributed by atoms with Gasteiger partial charge in [-0.15, -0.1) is 0 Å². The fourth-order valence-electron chi connectivity index (χ4n) is 0.400. The number of nitrogens with two attached hydrogens (primary N) is 1.